The zero-order valence-electron chi connectivity index (χ0n) is 12.4. The Bertz CT molecular complexity index is 698. The number of nitrogens with one attached hydrogen (secondary N) is 2. The molecule has 1 aromatic carbocycles. The molecule has 0 bridgehead atoms. The van der Waals surface area contributed by atoms with Crippen LogP contribution in [0.5, 0.6) is 0 Å². The van der Waals surface area contributed by atoms with Gasteiger partial charge in [0.05, 0.1) is 4.88 Å². The molecule has 0 spiro atoms. The number of carbonyl (C=O) groups is 2. The van der Waals surface area contributed by atoms with Gasteiger partial charge in [-0.25, -0.2) is 0 Å². The lowest BCUT2D eigenvalue weighted by Gasteiger charge is -2.08. The van der Waals surface area contributed by atoms with Crippen molar-refractivity contribution in [2.24, 2.45) is 0 Å². The number of hydrogen-bond donors (Lipinski definition) is 2. The Morgan fingerprint density at radius 2 is 1.77 bits per heavy atom. The van der Waals surface area contributed by atoms with Gasteiger partial charge in [0, 0.05) is 23.2 Å². The average molecular weight is 314 g/mol. The Balaban J connectivity index is 1.73. The van der Waals surface area contributed by atoms with Crippen molar-refractivity contribution in [1.29, 1.82) is 0 Å². The maximum atomic E-state index is 12.4. The van der Waals surface area contributed by atoms with Crippen molar-refractivity contribution in [3.05, 3.63) is 45.6 Å². The first kappa shape index (κ1) is 14.8. The first-order chi connectivity index (χ1) is 10.6. The van der Waals surface area contributed by atoms with E-state index in [0.29, 0.717) is 11.4 Å². The van der Waals surface area contributed by atoms with E-state index < -0.39 is 0 Å². The molecule has 0 saturated heterocycles. The second-order valence-electron chi connectivity index (χ2n) is 5.48. The minimum atomic E-state index is -0.130. The molecule has 4 nitrogen and oxygen atoms in total. The van der Waals surface area contributed by atoms with E-state index in [2.05, 4.69) is 10.6 Å². The molecule has 3 rings (SSSR count). The minimum Gasteiger partial charge on any atom is -0.326 e. The zero-order valence-corrected chi connectivity index (χ0v) is 13.3. The average Bonchev–Trinajstić information content (AvgIpc) is 2.91. The molecule has 1 aromatic heterocycles. The number of carbonyl (C=O) groups excluding carboxylic acids is 2. The van der Waals surface area contributed by atoms with E-state index in [1.54, 1.807) is 29.5 Å². The van der Waals surface area contributed by atoms with Crippen molar-refractivity contribution in [1.82, 2.24) is 0 Å². The van der Waals surface area contributed by atoms with Crippen LogP contribution >= 0.6 is 11.3 Å². The molecule has 5 heteroatoms. The molecule has 0 radical (unpaired) electrons. The first-order valence-electron chi connectivity index (χ1n) is 7.42. The van der Waals surface area contributed by atoms with Gasteiger partial charge in [-0.2, -0.15) is 0 Å². The third-order valence-corrected chi connectivity index (χ3v) is 4.90. The summed E-state index contributed by atoms with van der Waals surface area (Å²) >= 11 is 1.60. The van der Waals surface area contributed by atoms with Crippen LogP contribution in [-0.4, -0.2) is 11.8 Å². The van der Waals surface area contributed by atoms with E-state index in [-0.39, 0.29) is 11.8 Å². The number of thiophene rings is 1. The topological polar surface area (TPSA) is 58.2 Å². The number of hydrogen-bond acceptors (Lipinski definition) is 3. The lowest BCUT2D eigenvalue weighted by molar-refractivity contribution is -0.114. The van der Waals surface area contributed by atoms with Gasteiger partial charge >= 0.3 is 0 Å². The van der Waals surface area contributed by atoms with E-state index in [0.717, 1.165) is 17.7 Å². The van der Waals surface area contributed by atoms with E-state index in [1.165, 1.54) is 30.2 Å². The molecule has 2 amide bonds. The Hall–Kier alpha value is -2.14. The Kier molecular flexibility index (Phi) is 4.24. The second kappa shape index (κ2) is 6.32. The van der Waals surface area contributed by atoms with Gasteiger partial charge in [0.2, 0.25) is 5.91 Å². The summed E-state index contributed by atoms with van der Waals surface area (Å²) in [6.07, 6.45) is 4.60. The monoisotopic (exact) mass is 314 g/mol. The molecule has 22 heavy (non-hydrogen) atoms. The Morgan fingerprint density at radius 1 is 1.05 bits per heavy atom. The van der Waals surface area contributed by atoms with Gasteiger partial charge in [-0.3, -0.25) is 9.59 Å². The Labute approximate surface area is 133 Å². The smallest absolute Gasteiger partial charge is 0.265 e. The summed E-state index contributed by atoms with van der Waals surface area (Å²) < 4.78 is 0. The molecule has 2 aromatic rings. The lowest BCUT2D eigenvalue weighted by Crippen LogP contribution is -2.11. The van der Waals surface area contributed by atoms with Gasteiger partial charge < -0.3 is 10.6 Å². The number of fused-ring (bicyclic) bond motifs is 1. The molecule has 1 aliphatic rings. The predicted molar refractivity (Wildman–Crippen MR) is 89.7 cm³/mol. The van der Waals surface area contributed by atoms with Crippen LogP contribution < -0.4 is 10.6 Å². The Morgan fingerprint density at radius 3 is 2.50 bits per heavy atom. The highest BCUT2D eigenvalue weighted by Crippen LogP contribution is 2.30. The van der Waals surface area contributed by atoms with Crippen molar-refractivity contribution in [2.75, 3.05) is 10.6 Å². The summed E-state index contributed by atoms with van der Waals surface area (Å²) in [7, 11) is 0. The molecule has 114 valence electrons. The van der Waals surface area contributed by atoms with Crippen LogP contribution in [0.15, 0.2) is 30.3 Å². The van der Waals surface area contributed by atoms with Crippen LogP contribution in [0, 0.1) is 0 Å². The van der Waals surface area contributed by atoms with E-state index in [1.807, 2.05) is 12.1 Å². The van der Waals surface area contributed by atoms with E-state index >= 15 is 0 Å². The highest BCUT2D eigenvalue weighted by molar-refractivity contribution is 7.14. The maximum absolute atomic E-state index is 12.4. The molecule has 0 fully saturated rings. The summed E-state index contributed by atoms with van der Waals surface area (Å²) in [6.45, 7) is 1.46. The molecular weight excluding hydrogens is 296 g/mol. The fourth-order valence-corrected chi connectivity index (χ4v) is 3.82. The molecule has 2 N–H and O–H groups in total. The fourth-order valence-electron chi connectivity index (χ4n) is 2.67. The summed E-state index contributed by atoms with van der Waals surface area (Å²) in [4.78, 5) is 25.6. The van der Waals surface area contributed by atoms with Crippen LogP contribution in [0.25, 0.3) is 0 Å². The molecule has 0 atom stereocenters. The van der Waals surface area contributed by atoms with Crippen LogP contribution in [0.2, 0.25) is 0 Å². The van der Waals surface area contributed by atoms with Crippen molar-refractivity contribution >= 4 is 34.5 Å². The van der Waals surface area contributed by atoms with Crippen molar-refractivity contribution in [3.63, 3.8) is 0 Å². The van der Waals surface area contributed by atoms with Gasteiger partial charge in [0.15, 0.2) is 0 Å². The molecule has 1 aliphatic carbocycles. The maximum Gasteiger partial charge on any atom is 0.265 e. The van der Waals surface area contributed by atoms with E-state index in [4.69, 9.17) is 0 Å². The normalized spacial score (nSPS) is 13.3. The van der Waals surface area contributed by atoms with Crippen molar-refractivity contribution < 1.29 is 9.59 Å². The number of anilines is 2. The minimum absolute atomic E-state index is 0.0839. The first-order valence-corrected chi connectivity index (χ1v) is 8.24. The predicted octanol–water partition coefficient (Wildman–Crippen LogP) is 3.84. The van der Waals surface area contributed by atoms with Gasteiger partial charge in [-0.15, -0.1) is 11.3 Å². The van der Waals surface area contributed by atoms with Crippen LogP contribution in [0.4, 0.5) is 11.4 Å². The quantitative estimate of drug-likeness (QED) is 0.904. The van der Waals surface area contributed by atoms with Crippen LogP contribution in [0.3, 0.4) is 0 Å². The SMILES string of the molecule is CC(=O)Nc1cccc(NC(=O)c2cc3c(s2)CCCC3)c1. The second-order valence-corrected chi connectivity index (χ2v) is 6.62. The highest BCUT2D eigenvalue weighted by Gasteiger charge is 2.17. The number of aryl methyl sites for hydroxylation is 2. The molecule has 1 heterocycles. The van der Waals surface area contributed by atoms with E-state index in [9.17, 15) is 9.59 Å². The number of rotatable bonds is 3. The van der Waals surface area contributed by atoms with Gasteiger partial charge in [0.25, 0.3) is 5.91 Å². The molecule has 0 saturated carbocycles. The van der Waals surface area contributed by atoms with Gasteiger partial charge in [-0.05, 0) is 55.5 Å². The third kappa shape index (κ3) is 3.36. The fraction of sp³-hybridized carbons (Fsp3) is 0.294. The summed E-state index contributed by atoms with van der Waals surface area (Å²) in [5.41, 5.74) is 2.69. The lowest BCUT2D eigenvalue weighted by atomic mass is 9.99. The molecule has 0 unspecified atom stereocenters. The van der Waals surface area contributed by atoms with Gasteiger partial charge in [0.1, 0.15) is 0 Å². The molecular formula is C17H18N2O2S. The number of benzene rings is 1. The summed E-state index contributed by atoms with van der Waals surface area (Å²) in [6, 6.07) is 9.19. The van der Waals surface area contributed by atoms with Crippen LogP contribution in [0.1, 0.15) is 39.9 Å². The molecule has 0 aliphatic heterocycles. The largest absolute Gasteiger partial charge is 0.326 e. The van der Waals surface area contributed by atoms with Gasteiger partial charge in [-0.1, -0.05) is 6.07 Å². The summed E-state index contributed by atoms with van der Waals surface area (Å²) in [5, 5.41) is 5.61. The highest BCUT2D eigenvalue weighted by atomic mass is 32.1. The van der Waals surface area contributed by atoms with Crippen molar-refractivity contribution in [2.45, 2.75) is 32.6 Å². The number of amides is 2. The van der Waals surface area contributed by atoms with Crippen molar-refractivity contribution in [3.8, 4) is 0 Å². The zero-order chi connectivity index (χ0) is 15.5. The standard InChI is InChI=1S/C17H18N2O2S/c1-11(20)18-13-6-4-7-14(10-13)19-17(21)16-9-12-5-2-3-8-15(12)22-16/h4,6-7,9-10H,2-3,5,8H2,1H3,(H,18,20)(H,19,21). The van der Waals surface area contributed by atoms with Crippen LogP contribution in [-0.2, 0) is 17.6 Å². The third-order valence-electron chi connectivity index (χ3n) is 3.66. The summed E-state index contributed by atoms with van der Waals surface area (Å²) in [5.74, 6) is -0.214.